The summed E-state index contributed by atoms with van der Waals surface area (Å²) >= 11 is 6.22. The Labute approximate surface area is 83.2 Å². The molecule has 3 heteroatoms. The maximum Gasteiger partial charge on any atom is 0.0773 e. The summed E-state index contributed by atoms with van der Waals surface area (Å²) in [5.74, 6) is 2.51. The molecule has 1 heterocycles. The zero-order valence-electron chi connectivity index (χ0n) is 7.53. The molecule has 3 aliphatic rings. The summed E-state index contributed by atoms with van der Waals surface area (Å²) in [5, 5.41) is 9.45. The van der Waals surface area contributed by atoms with Gasteiger partial charge < -0.3 is 9.84 Å². The van der Waals surface area contributed by atoms with Crippen molar-refractivity contribution in [3.8, 4) is 0 Å². The van der Waals surface area contributed by atoms with Crippen LogP contribution in [0.1, 0.15) is 12.8 Å². The summed E-state index contributed by atoms with van der Waals surface area (Å²) in [7, 11) is 0. The van der Waals surface area contributed by atoms with Crippen molar-refractivity contribution < 1.29 is 9.84 Å². The maximum absolute atomic E-state index is 9.24. The van der Waals surface area contributed by atoms with Crippen molar-refractivity contribution in [2.24, 2.45) is 23.7 Å². The Balaban J connectivity index is 1.88. The first-order valence-corrected chi connectivity index (χ1v) is 5.61. The minimum atomic E-state index is 0.203. The van der Waals surface area contributed by atoms with Crippen LogP contribution in [0.4, 0.5) is 0 Å². The molecule has 2 saturated carbocycles. The highest BCUT2D eigenvalue weighted by Crippen LogP contribution is 2.56. The smallest absolute Gasteiger partial charge is 0.0773 e. The topological polar surface area (TPSA) is 29.5 Å². The number of ether oxygens (including phenoxy) is 1. The van der Waals surface area contributed by atoms with Crippen LogP contribution in [0.3, 0.4) is 0 Å². The van der Waals surface area contributed by atoms with Crippen LogP contribution in [-0.2, 0) is 4.74 Å². The molecule has 0 aromatic carbocycles. The van der Waals surface area contributed by atoms with Gasteiger partial charge in [-0.3, -0.25) is 0 Å². The zero-order valence-corrected chi connectivity index (χ0v) is 8.28. The van der Waals surface area contributed by atoms with Crippen LogP contribution >= 0.6 is 11.6 Å². The highest BCUT2D eigenvalue weighted by atomic mass is 35.5. The standard InChI is InChI=1S/C10H15ClO2/c11-8-2-7-5(3-12)1-6-4-13-10(8)9(6)7/h5-10,12H,1-4H2/t5-,6+,7+,8-,9-,10+/m0/s1. The Kier molecular flexibility index (Phi) is 1.87. The van der Waals surface area contributed by atoms with Crippen LogP contribution in [-0.4, -0.2) is 29.8 Å². The van der Waals surface area contributed by atoms with Gasteiger partial charge in [0.1, 0.15) is 0 Å². The van der Waals surface area contributed by atoms with Crippen LogP contribution in [0.2, 0.25) is 0 Å². The predicted octanol–water partition coefficient (Wildman–Crippen LogP) is 1.26. The van der Waals surface area contributed by atoms with Gasteiger partial charge in [0.2, 0.25) is 0 Å². The summed E-state index contributed by atoms with van der Waals surface area (Å²) in [6.07, 6.45) is 2.51. The third-order valence-corrected chi connectivity index (χ3v) is 4.65. The lowest BCUT2D eigenvalue weighted by Gasteiger charge is -2.15. The van der Waals surface area contributed by atoms with Gasteiger partial charge in [-0.15, -0.1) is 11.6 Å². The van der Waals surface area contributed by atoms with E-state index in [1.807, 2.05) is 0 Å². The van der Waals surface area contributed by atoms with E-state index in [2.05, 4.69) is 0 Å². The Bertz CT molecular complexity index is 221. The fourth-order valence-corrected chi connectivity index (χ4v) is 4.17. The lowest BCUT2D eigenvalue weighted by Crippen LogP contribution is -2.20. The normalized spacial score (nSPS) is 58.6. The molecule has 0 bridgehead atoms. The molecule has 0 aromatic rings. The van der Waals surface area contributed by atoms with Gasteiger partial charge in [-0.2, -0.15) is 0 Å². The zero-order chi connectivity index (χ0) is 9.00. The first kappa shape index (κ1) is 8.51. The van der Waals surface area contributed by atoms with Gasteiger partial charge in [0.25, 0.3) is 0 Å². The molecular formula is C10H15ClO2. The highest BCUT2D eigenvalue weighted by molar-refractivity contribution is 6.21. The van der Waals surface area contributed by atoms with Crippen molar-refractivity contribution in [1.82, 2.24) is 0 Å². The predicted molar refractivity (Wildman–Crippen MR) is 49.7 cm³/mol. The van der Waals surface area contributed by atoms with Crippen LogP contribution < -0.4 is 0 Å². The molecule has 0 unspecified atom stereocenters. The quantitative estimate of drug-likeness (QED) is 0.649. The minimum Gasteiger partial charge on any atom is -0.396 e. The molecule has 1 N–H and O–H groups in total. The van der Waals surface area contributed by atoms with Crippen molar-refractivity contribution in [2.75, 3.05) is 13.2 Å². The van der Waals surface area contributed by atoms with E-state index in [0.29, 0.717) is 36.4 Å². The molecule has 0 amide bonds. The Hall–Kier alpha value is 0.210. The number of aliphatic hydroxyl groups is 1. The first-order valence-electron chi connectivity index (χ1n) is 5.17. The van der Waals surface area contributed by atoms with E-state index in [9.17, 15) is 5.11 Å². The molecule has 13 heavy (non-hydrogen) atoms. The van der Waals surface area contributed by atoms with Gasteiger partial charge >= 0.3 is 0 Å². The monoisotopic (exact) mass is 202 g/mol. The average Bonchev–Trinajstić information content (AvgIpc) is 2.70. The van der Waals surface area contributed by atoms with Crippen molar-refractivity contribution in [2.45, 2.75) is 24.3 Å². The van der Waals surface area contributed by atoms with Crippen molar-refractivity contribution in [1.29, 1.82) is 0 Å². The van der Waals surface area contributed by atoms with Crippen LogP contribution in [0.25, 0.3) is 0 Å². The Morgan fingerprint density at radius 2 is 2.23 bits per heavy atom. The van der Waals surface area contributed by atoms with Crippen LogP contribution in [0, 0.1) is 23.7 Å². The van der Waals surface area contributed by atoms with Gasteiger partial charge in [0.05, 0.1) is 18.1 Å². The number of hydrogen-bond acceptors (Lipinski definition) is 2. The Morgan fingerprint density at radius 1 is 1.38 bits per heavy atom. The molecule has 3 rings (SSSR count). The van der Waals surface area contributed by atoms with Gasteiger partial charge in [-0.05, 0) is 36.5 Å². The molecule has 0 aromatic heterocycles. The second-order valence-corrected chi connectivity index (χ2v) is 5.29. The van der Waals surface area contributed by atoms with E-state index >= 15 is 0 Å². The van der Waals surface area contributed by atoms with Crippen molar-refractivity contribution in [3.05, 3.63) is 0 Å². The van der Waals surface area contributed by atoms with E-state index in [1.165, 1.54) is 0 Å². The maximum atomic E-state index is 9.24. The van der Waals surface area contributed by atoms with Crippen LogP contribution in [0.15, 0.2) is 0 Å². The lowest BCUT2D eigenvalue weighted by molar-refractivity contribution is 0.0892. The summed E-state index contributed by atoms with van der Waals surface area (Å²) in [5.41, 5.74) is 0. The van der Waals surface area contributed by atoms with Gasteiger partial charge in [0, 0.05) is 6.61 Å². The largest absolute Gasteiger partial charge is 0.396 e. The summed E-state index contributed by atoms with van der Waals surface area (Å²) in [6, 6.07) is 0. The van der Waals surface area contributed by atoms with E-state index in [4.69, 9.17) is 16.3 Å². The second kappa shape index (κ2) is 2.85. The van der Waals surface area contributed by atoms with E-state index < -0.39 is 0 Å². The van der Waals surface area contributed by atoms with Gasteiger partial charge in [-0.25, -0.2) is 0 Å². The molecule has 0 radical (unpaired) electrons. The molecule has 2 aliphatic carbocycles. The SMILES string of the molecule is OC[C@@H]1C[C@@H]2CO[C@H]3[C@@H]2[C@@H]1C[C@@H]3Cl. The van der Waals surface area contributed by atoms with E-state index in [0.717, 1.165) is 19.4 Å². The molecule has 74 valence electrons. The molecule has 2 nitrogen and oxygen atoms in total. The van der Waals surface area contributed by atoms with Gasteiger partial charge in [-0.1, -0.05) is 0 Å². The van der Waals surface area contributed by atoms with E-state index in [1.54, 1.807) is 0 Å². The lowest BCUT2D eigenvalue weighted by atomic mass is 9.91. The van der Waals surface area contributed by atoms with Crippen molar-refractivity contribution in [3.63, 3.8) is 0 Å². The fraction of sp³-hybridized carbons (Fsp3) is 1.00. The number of hydrogen-bond donors (Lipinski definition) is 1. The Morgan fingerprint density at radius 3 is 3.00 bits per heavy atom. The highest BCUT2D eigenvalue weighted by Gasteiger charge is 2.57. The van der Waals surface area contributed by atoms with Crippen LogP contribution in [0.5, 0.6) is 0 Å². The van der Waals surface area contributed by atoms with Gasteiger partial charge in [0.15, 0.2) is 0 Å². The number of aliphatic hydroxyl groups excluding tert-OH is 1. The number of rotatable bonds is 1. The molecule has 6 atom stereocenters. The molecular weight excluding hydrogens is 188 g/mol. The molecule has 3 fully saturated rings. The summed E-state index contributed by atoms with van der Waals surface area (Å²) < 4.78 is 5.70. The van der Waals surface area contributed by atoms with Crippen molar-refractivity contribution >= 4 is 11.6 Å². The second-order valence-electron chi connectivity index (χ2n) is 4.73. The summed E-state index contributed by atoms with van der Waals surface area (Å²) in [4.78, 5) is 0. The third kappa shape index (κ3) is 1.03. The molecule has 0 spiro atoms. The first-order chi connectivity index (χ1) is 6.31. The fourth-order valence-electron chi connectivity index (χ4n) is 3.72. The van der Waals surface area contributed by atoms with E-state index in [-0.39, 0.29) is 5.38 Å². The molecule has 1 saturated heterocycles. The number of alkyl halides is 1. The summed E-state index contributed by atoms with van der Waals surface area (Å²) in [6.45, 7) is 1.22. The number of halogens is 1. The molecule has 1 aliphatic heterocycles. The minimum absolute atomic E-state index is 0.203. The third-order valence-electron chi connectivity index (χ3n) is 4.22. The average molecular weight is 203 g/mol.